The molecule has 0 saturated heterocycles. The van der Waals surface area contributed by atoms with Crippen LogP contribution in [0.1, 0.15) is 21.6 Å². The average Bonchev–Trinajstić information content (AvgIpc) is 2.93. The number of hydrogen-bond donors (Lipinski definition) is 1. The quantitative estimate of drug-likeness (QED) is 0.797. The third-order valence-electron chi connectivity index (χ3n) is 3.58. The van der Waals surface area contributed by atoms with Gasteiger partial charge in [-0.25, -0.2) is 9.48 Å². The Balaban J connectivity index is 2.18. The molecule has 4 nitrogen and oxygen atoms in total. The fourth-order valence-electron chi connectivity index (χ4n) is 2.51. The van der Waals surface area contributed by atoms with E-state index in [4.69, 9.17) is 0 Å². The normalized spacial score (nSPS) is 10.6. The van der Waals surface area contributed by atoms with Gasteiger partial charge in [-0.05, 0) is 31.5 Å². The van der Waals surface area contributed by atoms with Gasteiger partial charge < -0.3 is 5.11 Å². The molecule has 0 aliphatic rings. The molecule has 0 spiro atoms. The number of aromatic carboxylic acids is 1. The van der Waals surface area contributed by atoms with E-state index in [-0.39, 0.29) is 5.69 Å². The lowest BCUT2D eigenvalue weighted by Crippen LogP contribution is -2.09. The summed E-state index contributed by atoms with van der Waals surface area (Å²) in [5.74, 6) is -0.991. The van der Waals surface area contributed by atoms with E-state index in [1.807, 2.05) is 62.4 Å². The Kier molecular flexibility index (Phi) is 3.51. The predicted molar refractivity (Wildman–Crippen MR) is 85.4 cm³/mol. The van der Waals surface area contributed by atoms with E-state index in [2.05, 4.69) is 5.10 Å². The Morgan fingerprint density at radius 2 is 1.77 bits per heavy atom. The first-order valence-corrected chi connectivity index (χ1v) is 7.02. The zero-order valence-electron chi connectivity index (χ0n) is 12.4. The van der Waals surface area contributed by atoms with Gasteiger partial charge >= 0.3 is 5.97 Å². The number of nitrogens with zero attached hydrogens (tertiary/aromatic N) is 2. The van der Waals surface area contributed by atoms with E-state index < -0.39 is 5.97 Å². The van der Waals surface area contributed by atoms with E-state index >= 15 is 0 Å². The summed E-state index contributed by atoms with van der Waals surface area (Å²) in [6.45, 7) is 3.96. The first kappa shape index (κ1) is 14.1. The van der Waals surface area contributed by atoms with Gasteiger partial charge in [0.2, 0.25) is 0 Å². The summed E-state index contributed by atoms with van der Waals surface area (Å²) >= 11 is 0. The minimum Gasteiger partial charge on any atom is -0.477 e. The van der Waals surface area contributed by atoms with Gasteiger partial charge in [-0.1, -0.05) is 48.0 Å². The highest BCUT2D eigenvalue weighted by atomic mass is 16.4. The summed E-state index contributed by atoms with van der Waals surface area (Å²) in [5.41, 5.74) is 4.61. The standard InChI is InChI=1S/C18H16N2O2/c1-12-8-9-16(13(2)10-12)20-17(18(21)22)11-15(19-20)14-6-4-3-5-7-14/h3-11H,1-2H3,(H,21,22). The van der Waals surface area contributed by atoms with E-state index in [9.17, 15) is 9.90 Å². The van der Waals surface area contributed by atoms with Gasteiger partial charge in [-0.2, -0.15) is 5.10 Å². The van der Waals surface area contributed by atoms with Crippen LogP contribution in [-0.4, -0.2) is 20.9 Å². The molecule has 110 valence electrons. The first-order valence-electron chi connectivity index (χ1n) is 7.02. The molecule has 0 bridgehead atoms. The third kappa shape index (κ3) is 2.51. The second-order valence-electron chi connectivity index (χ2n) is 5.29. The van der Waals surface area contributed by atoms with Crippen LogP contribution in [0, 0.1) is 13.8 Å². The van der Waals surface area contributed by atoms with Gasteiger partial charge in [0.15, 0.2) is 5.69 Å². The van der Waals surface area contributed by atoms with Crippen LogP contribution in [0.25, 0.3) is 16.9 Å². The highest BCUT2D eigenvalue weighted by Gasteiger charge is 2.17. The number of rotatable bonds is 3. The molecule has 0 amide bonds. The maximum atomic E-state index is 11.6. The van der Waals surface area contributed by atoms with E-state index in [1.165, 1.54) is 4.68 Å². The molecule has 0 aliphatic carbocycles. The van der Waals surface area contributed by atoms with Crippen molar-refractivity contribution in [3.8, 4) is 16.9 Å². The van der Waals surface area contributed by atoms with Crippen LogP contribution in [0.5, 0.6) is 0 Å². The number of aryl methyl sites for hydroxylation is 2. The number of benzene rings is 2. The molecule has 1 N–H and O–H groups in total. The zero-order valence-corrected chi connectivity index (χ0v) is 12.4. The fourth-order valence-corrected chi connectivity index (χ4v) is 2.51. The van der Waals surface area contributed by atoms with Crippen LogP contribution >= 0.6 is 0 Å². The summed E-state index contributed by atoms with van der Waals surface area (Å²) in [7, 11) is 0. The minimum atomic E-state index is -0.991. The lowest BCUT2D eigenvalue weighted by Gasteiger charge is -2.08. The zero-order chi connectivity index (χ0) is 15.7. The van der Waals surface area contributed by atoms with E-state index in [1.54, 1.807) is 6.07 Å². The Labute approximate surface area is 128 Å². The molecule has 3 aromatic rings. The smallest absolute Gasteiger partial charge is 0.354 e. The minimum absolute atomic E-state index is 0.158. The van der Waals surface area contributed by atoms with Crippen molar-refractivity contribution in [2.45, 2.75) is 13.8 Å². The van der Waals surface area contributed by atoms with Crippen molar-refractivity contribution < 1.29 is 9.90 Å². The van der Waals surface area contributed by atoms with Crippen LogP contribution in [-0.2, 0) is 0 Å². The highest BCUT2D eigenvalue weighted by molar-refractivity contribution is 5.88. The topological polar surface area (TPSA) is 55.1 Å². The van der Waals surface area contributed by atoms with Crippen molar-refractivity contribution in [3.63, 3.8) is 0 Å². The Morgan fingerprint density at radius 3 is 2.41 bits per heavy atom. The van der Waals surface area contributed by atoms with Crippen molar-refractivity contribution in [1.29, 1.82) is 0 Å². The predicted octanol–water partition coefficient (Wildman–Crippen LogP) is 3.85. The summed E-state index contributed by atoms with van der Waals surface area (Å²) < 4.78 is 1.50. The highest BCUT2D eigenvalue weighted by Crippen LogP contribution is 2.23. The van der Waals surface area contributed by atoms with Crippen molar-refractivity contribution in [2.24, 2.45) is 0 Å². The molecule has 0 atom stereocenters. The molecule has 22 heavy (non-hydrogen) atoms. The number of aromatic nitrogens is 2. The monoisotopic (exact) mass is 292 g/mol. The Hall–Kier alpha value is -2.88. The SMILES string of the molecule is Cc1ccc(-n2nc(-c3ccccc3)cc2C(=O)O)c(C)c1. The maximum absolute atomic E-state index is 11.6. The molecule has 1 heterocycles. The van der Waals surface area contributed by atoms with Crippen LogP contribution in [0.2, 0.25) is 0 Å². The summed E-state index contributed by atoms with van der Waals surface area (Å²) in [6.07, 6.45) is 0. The molecule has 0 unspecified atom stereocenters. The molecule has 0 fully saturated rings. The van der Waals surface area contributed by atoms with Gasteiger partial charge in [-0.3, -0.25) is 0 Å². The number of carbonyl (C=O) groups is 1. The second-order valence-corrected chi connectivity index (χ2v) is 5.29. The molecule has 3 rings (SSSR count). The molecular weight excluding hydrogens is 276 g/mol. The van der Waals surface area contributed by atoms with E-state index in [0.717, 1.165) is 22.4 Å². The summed E-state index contributed by atoms with van der Waals surface area (Å²) in [4.78, 5) is 11.6. The molecule has 4 heteroatoms. The van der Waals surface area contributed by atoms with Gasteiger partial charge in [0.25, 0.3) is 0 Å². The van der Waals surface area contributed by atoms with Crippen LogP contribution in [0.4, 0.5) is 0 Å². The van der Waals surface area contributed by atoms with Gasteiger partial charge in [0.1, 0.15) is 0 Å². The fraction of sp³-hybridized carbons (Fsp3) is 0.111. The van der Waals surface area contributed by atoms with Crippen molar-refractivity contribution in [2.75, 3.05) is 0 Å². The molecule has 0 aliphatic heterocycles. The summed E-state index contributed by atoms with van der Waals surface area (Å²) in [5, 5.41) is 14.0. The van der Waals surface area contributed by atoms with Crippen LogP contribution in [0.3, 0.4) is 0 Å². The van der Waals surface area contributed by atoms with Crippen molar-refractivity contribution in [1.82, 2.24) is 9.78 Å². The average molecular weight is 292 g/mol. The largest absolute Gasteiger partial charge is 0.477 e. The van der Waals surface area contributed by atoms with E-state index in [0.29, 0.717) is 5.69 Å². The Bertz CT molecular complexity index is 836. The molecule has 0 radical (unpaired) electrons. The number of carboxylic acid groups (broad SMARTS) is 1. The second kappa shape index (κ2) is 5.48. The van der Waals surface area contributed by atoms with Gasteiger partial charge in [-0.15, -0.1) is 0 Å². The van der Waals surface area contributed by atoms with Crippen molar-refractivity contribution in [3.05, 3.63) is 71.4 Å². The Morgan fingerprint density at radius 1 is 1.05 bits per heavy atom. The molecule has 1 aromatic heterocycles. The number of carboxylic acids is 1. The van der Waals surface area contributed by atoms with Gasteiger partial charge in [0.05, 0.1) is 11.4 Å². The maximum Gasteiger partial charge on any atom is 0.354 e. The molecule has 2 aromatic carbocycles. The number of hydrogen-bond acceptors (Lipinski definition) is 2. The molecular formula is C18H16N2O2. The van der Waals surface area contributed by atoms with Gasteiger partial charge in [0, 0.05) is 5.56 Å². The van der Waals surface area contributed by atoms with Crippen molar-refractivity contribution >= 4 is 5.97 Å². The van der Waals surface area contributed by atoms with Crippen LogP contribution in [0.15, 0.2) is 54.6 Å². The lowest BCUT2D eigenvalue weighted by atomic mass is 10.1. The summed E-state index contributed by atoms with van der Waals surface area (Å²) in [6, 6.07) is 17.1. The third-order valence-corrected chi connectivity index (χ3v) is 3.58. The van der Waals surface area contributed by atoms with Crippen LogP contribution < -0.4 is 0 Å². The first-order chi connectivity index (χ1) is 10.6. The lowest BCUT2D eigenvalue weighted by molar-refractivity contribution is 0.0687. The molecule has 0 saturated carbocycles.